The third kappa shape index (κ3) is 12.8. The molecule has 0 spiro atoms. The number of rotatable bonds is 27. The summed E-state index contributed by atoms with van der Waals surface area (Å²) in [6, 6.07) is 0. The van der Waals surface area contributed by atoms with Gasteiger partial charge in [-0.15, -0.1) is 0 Å². The van der Waals surface area contributed by atoms with Crippen LogP contribution in [0.25, 0.3) is 0 Å². The van der Waals surface area contributed by atoms with Crippen LogP contribution >= 0.6 is 0 Å². The molecule has 2 N–H and O–H groups in total. The Morgan fingerprint density at radius 3 is 1.96 bits per heavy atom. The van der Waals surface area contributed by atoms with Gasteiger partial charge in [0.15, 0.2) is 0 Å². The zero-order valence-corrected chi connectivity index (χ0v) is 35.3. The van der Waals surface area contributed by atoms with E-state index in [1.807, 2.05) is 0 Å². The lowest BCUT2D eigenvalue weighted by Crippen LogP contribution is -2.51. The first-order chi connectivity index (χ1) is 24.7. The zero-order chi connectivity index (χ0) is 36.5. The van der Waals surface area contributed by atoms with Gasteiger partial charge in [-0.1, -0.05) is 169 Å². The summed E-state index contributed by atoms with van der Waals surface area (Å²) in [5, 5.41) is 0. The van der Waals surface area contributed by atoms with E-state index >= 15 is 0 Å². The van der Waals surface area contributed by atoms with E-state index in [0.29, 0.717) is 30.1 Å². The molecule has 3 fully saturated rings. The van der Waals surface area contributed by atoms with Crippen molar-refractivity contribution in [1.29, 1.82) is 0 Å². The topological polar surface area (TPSA) is 44.5 Å². The zero-order valence-electron chi connectivity index (χ0n) is 35.3. The van der Waals surface area contributed by atoms with Gasteiger partial charge >= 0.3 is 0 Å². The molecule has 3 nitrogen and oxygen atoms in total. The summed E-state index contributed by atoms with van der Waals surface area (Å²) in [4.78, 5) is 0. The highest BCUT2D eigenvalue weighted by Gasteiger charge is 2.59. The Balaban J connectivity index is 1.07. The van der Waals surface area contributed by atoms with Crippen LogP contribution in [0.15, 0.2) is 11.6 Å². The first-order valence-corrected chi connectivity index (χ1v) is 23.4. The van der Waals surface area contributed by atoms with E-state index < -0.39 is 0 Å². The van der Waals surface area contributed by atoms with Crippen molar-refractivity contribution in [3.63, 3.8) is 0 Å². The number of hydrogen-bond donors (Lipinski definition) is 1. The second-order valence-corrected chi connectivity index (χ2v) is 19.5. The predicted molar refractivity (Wildman–Crippen MR) is 221 cm³/mol. The first-order valence-electron chi connectivity index (χ1n) is 23.4. The van der Waals surface area contributed by atoms with Crippen LogP contribution in [0.4, 0.5) is 0 Å². The summed E-state index contributed by atoms with van der Waals surface area (Å²) in [7, 11) is 0. The lowest BCUT2D eigenvalue weighted by molar-refractivity contribution is -0.0777. The van der Waals surface area contributed by atoms with Crippen LogP contribution in [-0.2, 0) is 9.47 Å². The van der Waals surface area contributed by atoms with Crippen molar-refractivity contribution in [2.24, 2.45) is 52.1 Å². The van der Waals surface area contributed by atoms with E-state index in [1.165, 1.54) is 161 Å². The number of hydrogen-bond acceptors (Lipinski definition) is 3. The highest BCUT2D eigenvalue weighted by Crippen LogP contribution is 2.67. The van der Waals surface area contributed by atoms with Gasteiger partial charge < -0.3 is 15.2 Å². The monoisotopic (exact) mass is 712 g/mol. The molecular weight excluding hydrogens is 623 g/mol. The summed E-state index contributed by atoms with van der Waals surface area (Å²) < 4.78 is 12.8. The fourth-order valence-electron chi connectivity index (χ4n) is 12.1. The van der Waals surface area contributed by atoms with E-state index in [0.717, 1.165) is 55.0 Å². The lowest BCUT2D eigenvalue weighted by atomic mass is 9.47. The first kappa shape index (κ1) is 43.3. The smallest absolute Gasteiger partial charge is 0.0930 e. The Labute approximate surface area is 319 Å². The third-order valence-corrected chi connectivity index (χ3v) is 15.4. The molecular formula is C48H89NO2. The molecule has 0 aromatic heterocycles. The van der Waals surface area contributed by atoms with Crippen molar-refractivity contribution >= 4 is 0 Å². The molecule has 0 saturated heterocycles. The van der Waals surface area contributed by atoms with Crippen molar-refractivity contribution in [3.8, 4) is 0 Å². The fourth-order valence-corrected chi connectivity index (χ4v) is 12.1. The maximum absolute atomic E-state index is 6.58. The van der Waals surface area contributed by atoms with E-state index in [-0.39, 0.29) is 6.10 Å². The minimum atomic E-state index is 0.0402. The standard InChI is InChI=1S/C48H89NO2/c1-7-8-9-10-11-12-13-14-15-16-17-18-19-20-21-22-34-50-42(36-49)37-51-41-30-32-47(5)40(35-41)26-27-43-45-29-28-44(39(4)25-23-24-38(2)3)48(45,6)33-31-46(43)47/h26,38-39,41-46H,7-25,27-37,49H2,1-6H3/t39-,41+,42?,43+,44-,45+,46+,47+,48-/m1/s1. The Hall–Kier alpha value is -0.380. The number of nitrogens with two attached hydrogens (primary N) is 1. The second kappa shape index (κ2) is 22.9. The number of allylic oxidation sites excluding steroid dienone is 1. The Bertz CT molecular complexity index is 961. The summed E-state index contributed by atoms with van der Waals surface area (Å²) in [5.74, 6) is 5.41. The van der Waals surface area contributed by atoms with Crippen LogP contribution in [0.5, 0.6) is 0 Å². The van der Waals surface area contributed by atoms with Gasteiger partial charge in [-0.3, -0.25) is 0 Å². The van der Waals surface area contributed by atoms with Crippen LogP contribution in [0.3, 0.4) is 0 Å². The molecule has 3 saturated carbocycles. The number of unbranched alkanes of at least 4 members (excludes halogenated alkanes) is 15. The third-order valence-electron chi connectivity index (χ3n) is 15.4. The van der Waals surface area contributed by atoms with Crippen LogP contribution in [0.1, 0.15) is 215 Å². The molecule has 0 aromatic rings. The van der Waals surface area contributed by atoms with Crippen molar-refractivity contribution in [3.05, 3.63) is 11.6 Å². The Kier molecular flexibility index (Phi) is 19.4. The molecule has 1 unspecified atom stereocenters. The molecule has 0 aromatic carbocycles. The molecule has 4 rings (SSSR count). The van der Waals surface area contributed by atoms with E-state index in [4.69, 9.17) is 15.2 Å². The molecule has 9 atom stereocenters. The number of ether oxygens (including phenoxy) is 2. The van der Waals surface area contributed by atoms with Crippen molar-refractivity contribution in [2.75, 3.05) is 19.8 Å². The van der Waals surface area contributed by atoms with Gasteiger partial charge in [-0.05, 0) is 104 Å². The summed E-state index contributed by atoms with van der Waals surface area (Å²) in [6.07, 6.45) is 40.6. The summed E-state index contributed by atoms with van der Waals surface area (Å²) in [6.45, 7) is 17.1. The maximum atomic E-state index is 6.58. The highest BCUT2D eigenvalue weighted by molar-refractivity contribution is 5.25. The average Bonchev–Trinajstić information content (AvgIpc) is 3.48. The van der Waals surface area contributed by atoms with Crippen LogP contribution in [0, 0.1) is 46.3 Å². The molecule has 0 radical (unpaired) electrons. The van der Waals surface area contributed by atoms with Gasteiger partial charge in [0.25, 0.3) is 0 Å². The molecule has 0 heterocycles. The van der Waals surface area contributed by atoms with E-state index in [2.05, 4.69) is 47.6 Å². The normalized spacial score (nSPS) is 31.6. The molecule has 0 amide bonds. The molecule has 4 aliphatic rings. The average molecular weight is 712 g/mol. The Morgan fingerprint density at radius 2 is 1.35 bits per heavy atom. The SMILES string of the molecule is CCCCCCCCCCCCCCCCCCOC(CN)CO[C@H]1CC[C@@]2(C)C(=CC[C@H]3[C@@H]4CC[C@H]([C@H](C)CCCC(C)C)[C@@]4(C)CC[C@@H]32)C1. The minimum Gasteiger partial charge on any atom is -0.375 e. The van der Waals surface area contributed by atoms with Gasteiger partial charge in [-0.25, -0.2) is 0 Å². The summed E-state index contributed by atoms with van der Waals surface area (Å²) in [5.41, 5.74) is 8.86. The number of fused-ring (bicyclic) bond motifs is 5. The lowest BCUT2D eigenvalue weighted by Gasteiger charge is -2.58. The van der Waals surface area contributed by atoms with E-state index in [1.54, 1.807) is 5.57 Å². The maximum Gasteiger partial charge on any atom is 0.0930 e. The molecule has 3 heteroatoms. The minimum absolute atomic E-state index is 0.0402. The molecule has 0 bridgehead atoms. The van der Waals surface area contributed by atoms with Gasteiger partial charge in [-0.2, -0.15) is 0 Å². The van der Waals surface area contributed by atoms with Crippen molar-refractivity contribution in [1.82, 2.24) is 0 Å². The predicted octanol–water partition coefficient (Wildman–Crippen LogP) is 14.0. The fraction of sp³-hybridized carbons (Fsp3) is 0.958. The van der Waals surface area contributed by atoms with Gasteiger partial charge in [0, 0.05) is 13.2 Å². The van der Waals surface area contributed by atoms with Crippen LogP contribution in [-0.4, -0.2) is 32.0 Å². The molecule has 298 valence electrons. The van der Waals surface area contributed by atoms with Crippen molar-refractivity contribution in [2.45, 2.75) is 227 Å². The molecule has 51 heavy (non-hydrogen) atoms. The van der Waals surface area contributed by atoms with Crippen molar-refractivity contribution < 1.29 is 9.47 Å². The second-order valence-electron chi connectivity index (χ2n) is 19.5. The molecule has 0 aliphatic heterocycles. The Morgan fingerprint density at radius 1 is 0.725 bits per heavy atom. The summed E-state index contributed by atoms with van der Waals surface area (Å²) >= 11 is 0. The van der Waals surface area contributed by atoms with Gasteiger partial charge in [0.05, 0.1) is 18.8 Å². The highest BCUT2D eigenvalue weighted by atomic mass is 16.5. The van der Waals surface area contributed by atoms with Crippen LogP contribution in [0.2, 0.25) is 0 Å². The van der Waals surface area contributed by atoms with Gasteiger partial charge in [0.1, 0.15) is 0 Å². The molecule has 4 aliphatic carbocycles. The van der Waals surface area contributed by atoms with E-state index in [9.17, 15) is 0 Å². The van der Waals surface area contributed by atoms with Gasteiger partial charge in [0.2, 0.25) is 0 Å². The largest absolute Gasteiger partial charge is 0.375 e. The van der Waals surface area contributed by atoms with Crippen LogP contribution < -0.4 is 5.73 Å². The quantitative estimate of drug-likeness (QED) is 0.0681.